The van der Waals surface area contributed by atoms with Crippen LogP contribution in [0.5, 0.6) is 0 Å². The molecule has 0 aliphatic heterocycles. The van der Waals surface area contributed by atoms with Crippen LogP contribution in [0.25, 0.3) is 0 Å². The van der Waals surface area contributed by atoms with Gasteiger partial charge in [-0.15, -0.1) is 0 Å². The maximum Gasteiger partial charge on any atom is 0.271 e. The molecule has 2 aromatic heterocycles. The molecule has 1 aromatic carbocycles. The lowest BCUT2D eigenvalue weighted by molar-refractivity contribution is 0.0945. The molecule has 0 aliphatic carbocycles. The highest BCUT2D eigenvalue weighted by molar-refractivity contribution is 5.91. The SMILES string of the molecule is Cc1cccc(CNc2cnc(C(=O)NCc3ccncc3)cn2)c1. The fraction of sp³-hybridized carbons (Fsp3) is 0.158. The van der Waals surface area contributed by atoms with Crippen LogP contribution in [0.1, 0.15) is 27.2 Å². The number of aryl methyl sites for hydroxylation is 1. The largest absolute Gasteiger partial charge is 0.365 e. The summed E-state index contributed by atoms with van der Waals surface area (Å²) in [6.07, 6.45) is 6.42. The Morgan fingerprint density at radius 2 is 1.84 bits per heavy atom. The normalized spacial score (nSPS) is 10.3. The van der Waals surface area contributed by atoms with Crippen LogP contribution in [-0.2, 0) is 13.1 Å². The fourth-order valence-electron chi connectivity index (χ4n) is 2.32. The fourth-order valence-corrected chi connectivity index (χ4v) is 2.32. The van der Waals surface area contributed by atoms with E-state index in [1.54, 1.807) is 18.6 Å². The highest BCUT2D eigenvalue weighted by Crippen LogP contribution is 2.08. The van der Waals surface area contributed by atoms with Gasteiger partial charge in [0.15, 0.2) is 0 Å². The van der Waals surface area contributed by atoms with Gasteiger partial charge in [-0.05, 0) is 30.2 Å². The van der Waals surface area contributed by atoms with Crippen molar-refractivity contribution >= 4 is 11.7 Å². The quantitative estimate of drug-likeness (QED) is 0.725. The van der Waals surface area contributed by atoms with Crippen LogP contribution in [0.15, 0.2) is 61.2 Å². The standard InChI is InChI=1S/C19H19N5O/c1-14-3-2-4-16(9-14)11-22-18-13-21-17(12-23-18)19(25)24-10-15-5-7-20-8-6-15/h2-9,12-13H,10-11H2,1H3,(H,22,23)(H,24,25). The second-order valence-electron chi connectivity index (χ2n) is 5.67. The van der Waals surface area contributed by atoms with Crippen LogP contribution in [-0.4, -0.2) is 20.9 Å². The van der Waals surface area contributed by atoms with Gasteiger partial charge in [-0.3, -0.25) is 9.78 Å². The van der Waals surface area contributed by atoms with E-state index in [2.05, 4.69) is 44.6 Å². The third-order valence-electron chi connectivity index (χ3n) is 3.64. The molecule has 2 heterocycles. The van der Waals surface area contributed by atoms with Crippen molar-refractivity contribution in [2.75, 3.05) is 5.32 Å². The number of carbonyl (C=O) groups is 1. The minimum Gasteiger partial charge on any atom is -0.365 e. The van der Waals surface area contributed by atoms with E-state index < -0.39 is 0 Å². The number of hydrogen-bond acceptors (Lipinski definition) is 5. The van der Waals surface area contributed by atoms with E-state index in [0.29, 0.717) is 18.9 Å². The third-order valence-corrected chi connectivity index (χ3v) is 3.64. The molecule has 0 fully saturated rings. The number of rotatable bonds is 6. The zero-order valence-corrected chi connectivity index (χ0v) is 13.9. The molecule has 3 rings (SSSR count). The molecule has 0 spiro atoms. The van der Waals surface area contributed by atoms with Crippen molar-refractivity contribution < 1.29 is 4.79 Å². The molecule has 6 nitrogen and oxygen atoms in total. The van der Waals surface area contributed by atoms with Crippen LogP contribution in [0.2, 0.25) is 0 Å². The molecule has 3 aromatic rings. The number of nitrogens with zero attached hydrogens (tertiary/aromatic N) is 3. The Kier molecular flexibility index (Phi) is 5.31. The van der Waals surface area contributed by atoms with Crippen molar-refractivity contribution in [1.29, 1.82) is 0 Å². The molecule has 6 heteroatoms. The van der Waals surface area contributed by atoms with E-state index in [0.717, 1.165) is 5.56 Å². The Morgan fingerprint density at radius 3 is 2.56 bits per heavy atom. The van der Waals surface area contributed by atoms with Gasteiger partial charge in [0.2, 0.25) is 0 Å². The molecule has 0 bridgehead atoms. The number of carbonyl (C=O) groups excluding carboxylic acids is 1. The van der Waals surface area contributed by atoms with Gasteiger partial charge in [-0.25, -0.2) is 9.97 Å². The maximum atomic E-state index is 12.1. The summed E-state index contributed by atoms with van der Waals surface area (Å²) in [6.45, 7) is 3.14. The molecular formula is C19H19N5O. The lowest BCUT2D eigenvalue weighted by Gasteiger charge is -2.07. The van der Waals surface area contributed by atoms with Gasteiger partial charge < -0.3 is 10.6 Å². The first-order valence-electron chi connectivity index (χ1n) is 7.99. The van der Waals surface area contributed by atoms with E-state index in [9.17, 15) is 4.79 Å². The lowest BCUT2D eigenvalue weighted by Crippen LogP contribution is -2.24. The van der Waals surface area contributed by atoms with Crippen LogP contribution < -0.4 is 10.6 Å². The first-order chi connectivity index (χ1) is 12.2. The predicted molar refractivity (Wildman–Crippen MR) is 95.9 cm³/mol. The number of aromatic nitrogens is 3. The summed E-state index contributed by atoms with van der Waals surface area (Å²) in [4.78, 5) is 24.5. The van der Waals surface area contributed by atoms with Crippen molar-refractivity contribution in [1.82, 2.24) is 20.3 Å². The second kappa shape index (κ2) is 8.01. The number of benzene rings is 1. The topological polar surface area (TPSA) is 79.8 Å². The Morgan fingerprint density at radius 1 is 1.00 bits per heavy atom. The summed E-state index contributed by atoms with van der Waals surface area (Å²) >= 11 is 0. The molecule has 0 unspecified atom stereocenters. The number of nitrogens with one attached hydrogen (secondary N) is 2. The molecule has 0 saturated carbocycles. The van der Waals surface area contributed by atoms with Crippen molar-refractivity contribution in [3.8, 4) is 0 Å². The molecule has 0 radical (unpaired) electrons. The van der Waals surface area contributed by atoms with E-state index in [1.807, 2.05) is 24.3 Å². The van der Waals surface area contributed by atoms with E-state index in [-0.39, 0.29) is 11.6 Å². The summed E-state index contributed by atoms with van der Waals surface area (Å²) in [6, 6.07) is 11.9. The van der Waals surface area contributed by atoms with Crippen LogP contribution in [0.3, 0.4) is 0 Å². The number of anilines is 1. The van der Waals surface area contributed by atoms with Gasteiger partial charge in [0, 0.05) is 25.5 Å². The Hall–Kier alpha value is -3.28. The summed E-state index contributed by atoms with van der Waals surface area (Å²) in [5.74, 6) is 0.377. The van der Waals surface area contributed by atoms with Crippen molar-refractivity contribution in [3.63, 3.8) is 0 Å². The zero-order valence-electron chi connectivity index (χ0n) is 13.9. The number of amides is 1. The lowest BCUT2D eigenvalue weighted by atomic mass is 10.1. The van der Waals surface area contributed by atoms with Gasteiger partial charge >= 0.3 is 0 Å². The third kappa shape index (κ3) is 4.84. The first kappa shape index (κ1) is 16.6. The van der Waals surface area contributed by atoms with Gasteiger partial charge in [0.05, 0.1) is 12.4 Å². The van der Waals surface area contributed by atoms with Gasteiger partial charge in [0.25, 0.3) is 5.91 Å². The minimum atomic E-state index is -0.255. The van der Waals surface area contributed by atoms with E-state index in [4.69, 9.17) is 0 Å². The average Bonchev–Trinajstić information content (AvgIpc) is 2.66. The molecule has 0 saturated heterocycles. The van der Waals surface area contributed by atoms with Crippen molar-refractivity contribution in [2.24, 2.45) is 0 Å². The predicted octanol–water partition coefficient (Wildman–Crippen LogP) is 2.72. The molecule has 1 amide bonds. The smallest absolute Gasteiger partial charge is 0.271 e. The summed E-state index contributed by atoms with van der Waals surface area (Å²) < 4.78 is 0. The average molecular weight is 333 g/mol. The first-order valence-corrected chi connectivity index (χ1v) is 7.99. The van der Waals surface area contributed by atoms with E-state index in [1.165, 1.54) is 17.3 Å². The maximum absolute atomic E-state index is 12.1. The highest BCUT2D eigenvalue weighted by Gasteiger charge is 2.07. The van der Waals surface area contributed by atoms with Crippen molar-refractivity contribution in [2.45, 2.75) is 20.0 Å². The number of pyridine rings is 1. The summed E-state index contributed by atoms with van der Waals surface area (Å²) in [5, 5.41) is 6.01. The monoisotopic (exact) mass is 333 g/mol. The second-order valence-corrected chi connectivity index (χ2v) is 5.67. The zero-order chi connectivity index (χ0) is 17.5. The van der Waals surface area contributed by atoms with Gasteiger partial charge in [-0.1, -0.05) is 29.8 Å². The van der Waals surface area contributed by atoms with Crippen LogP contribution in [0, 0.1) is 6.92 Å². The summed E-state index contributed by atoms with van der Waals surface area (Å²) in [7, 11) is 0. The molecule has 0 aliphatic rings. The van der Waals surface area contributed by atoms with Gasteiger partial charge in [0.1, 0.15) is 11.5 Å². The van der Waals surface area contributed by atoms with Crippen molar-refractivity contribution in [3.05, 3.63) is 83.6 Å². The van der Waals surface area contributed by atoms with Crippen LogP contribution >= 0.6 is 0 Å². The molecule has 2 N–H and O–H groups in total. The number of hydrogen-bond donors (Lipinski definition) is 2. The Bertz CT molecular complexity index is 834. The molecule has 0 atom stereocenters. The van der Waals surface area contributed by atoms with Gasteiger partial charge in [-0.2, -0.15) is 0 Å². The van der Waals surface area contributed by atoms with Crippen LogP contribution in [0.4, 0.5) is 5.82 Å². The summed E-state index contributed by atoms with van der Waals surface area (Å²) in [5.41, 5.74) is 3.65. The Labute approximate surface area is 146 Å². The molecule has 126 valence electrons. The minimum absolute atomic E-state index is 0.255. The Balaban J connectivity index is 1.53. The molecule has 25 heavy (non-hydrogen) atoms. The molecular weight excluding hydrogens is 314 g/mol. The highest BCUT2D eigenvalue weighted by atomic mass is 16.1. The van der Waals surface area contributed by atoms with E-state index >= 15 is 0 Å².